The van der Waals surface area contributed by atoms with Crippen LogP contribution in [0.2, 0.25) is 0 Å². The molecule has 0 aliphatic carbocycles. The van der Waals surface area contributed by atoms with E-state index in [1.807, 2.05) is 0 Å². The number of carboxylic acid groups (broad SMARTS) is 2. The summed E-state index contributed by atoms with van der Waals surface area (Å²) in [5.41, 5.74) is -2.62. The Morgan fingerprint density at radius 1 is 1.17 bits per heavy atom. The third-order valence-electron chi connectivity index (χ3n) is 6.33. The lowest BCUT2D eigenvalue weighted by Crippen LogP contribution is -2.57. The van der Waals surface area contributed by atoms with Crippen LogP contribution in [0.1, 0.15) is 18.0 Å². The van der Waals surface area contributed by atoms with Gasteiger partial charge in [0.15, 0.2) is 11.5 Å². The second-order valence-electron chi connectivity index (χ2n) is 8.19. The predicted octanol–water partition coefficient (Wildman–Crippen LogP) is 1.06. The molecule has 35 heavy (non-hydrogen) atoms. The molecular weight excluding hydrogens is 466 g/mol. The number of amides is 2. The first-order valence-electron chi connectivity index (χ1n) is 10.2. The van der Waals surface area contributed by atoms with Crippen LogP contribution in [-0.2, 0) is 19.2 Å². The van der Waals surface area contributed by atoms with Crippen LogP contribution in [-0.4, -0.2) is 56.6 Å². The average Bonchev–Trinajstić information content (AvgIpc) is 3.28. The highest BCUT2D eigenvalue weighted by molar-refractivity contribution is 6.24. The Kier molecular flexibility index (Phi) is 5.64. The van der Waals surface area contributed by atoms with Crippen LogP contribution in [0.25, 0.3) is 0 Å². The molecule has 2 saturated heterocycles. The van der Waals surface area contributed by atoms with E-state index < -0.39 is 64.2 Å². The number of non-ortho nitro benzene ring substituents is 1. The third-order valence-corrected chi connectivity index (χ3v) is 6.33. The quantitative estimate of drug-likeness (QED) is 0.248. The van der Waals surface area contributed by atoms with Crippen LogP contribution in [0.4, 0.5) is 11.4 Å². The molecule has 0 spiro atoms. The number of carbonyl (C=O) groups is 4. The standard InChI is InChI=1S/C22H19N3O10/c1-35-14-7-10(5-6-13(14)26)18-16-17(22(23-18,21(31)32)9-15(27)28)20(30)24(19(16)29)11-3-2-4-12(8-11)25(33)34/h2-8,16-18,23,26H,9H2,1H3,(H,27,28)(H,31,32). The molecule has 4 unspecified atom stereocenters. The summed E-state index contributed by atoms with van der Waals surface area (Å²) in [6.45, 7) is 0. The van der Waals surface area contributed by atoms with E-state index >= 15 is 0 Å². The van der Waals surface area contributed by atoms with Crippen LogP contribution in [0.15, 0.2) is 42.5 Å². The van der Waals surface area contributed by atoms with Crippen LogP contribution in [0.3, 0.4) is 0 Å². The summed E-state index contributed by atoms with van der Waals surface area (Å²) < 4.78 is 5.08. The number of fused-ring (bicyclic) bond motifs is 1. The zero-order chi connectivity index (χ0) is 25.7. The number of rotatable bonds is 7. The number of nitro groups is 1. The number of hydrogen-bond donors (Lipinski definition) is 4. The summed E-state index contributed by atoms with van der Waals surface area (Å²) in [6, 6.07) is 7.56. The van der Waals surface area contributed by atoms with Gasteiger partial charge in [-0.15, -0.1) is 0 Å². The molecule has 2 amide bonds. The van der Waals surface area contributed by atoms with Crippen molar-refractivity contribution in [3.8, 4) is 11.5 Å². The first-order valence-corrected chi connectivity index (χ1v) is 10.2. The lowest BCUT2D eigenvalue weighted by Gasteiger charge is -2.29. The highest BCUT2D eigenvalue weighted by Gasteiger charge is 2.69. The third kappa shape index (κ3) is 3.61. The first-order chi connectivity index (χ1) is 16.5. The Morgan fingerprint density at radius 3 is 2.49 bits per heavy atom. The molecule has 0 aromatic heterocycles. The fourth-order valence-electron chi connectivity index (χ4n) is 4.85. The van der Waals surface area contributed by atoms with Crippen LogP contribution < -0.4 is 15.0 Å². The van der Waals surface area contributed by atoms with Gasteiger partial charge in [0.25, 0.3) is 5.69 Å². The zero-order valence-corrected chi connectivity index (χ0v) is 18.1. The summed E-state index contributed by atoms with van der Waals surface area (Å²) in [6.07, 6.45) is -1.02. The number of methoxy groups -OCH3 is 1. The maximum absolute atomic E-state index is 13.6. The van der Waals surface area contributed by atoms with Gasteiger partial charge in [-0.1, -0.05) is 12.1 Å². The lowest BCUT2D eigenvalue weighted by atomic mass is 9.77. The van der Waals surface area contributed by atoms with Gasteiger partial charge >= 0.3 is 11.9 Å². The van der Waals surface area contributed by atoms with Crippen molar-refractivity contribution in [2.75, 3.05) is 12.0 Å². The number of benzene rings is 2. The number of carbonyl (C=O) groups excluding carboxylic acids is 2. The molecule has 0 saturated carbocycles. The molecule has 0 radical (unpaired) electrons. The SMILES string of the molecule is COc1cc(C2NC(CC(=O)O)(C(=O)O)C3C(=O)N(c4cccc([N+](=O)[O-])c4)C(=O)C23)ccc1O. The smallest absolute Gasteiger partial charge is 0.325 e. The van der Waals surface area contributed by atoms with Crippen LogP contribution in [0, 0.1) is 22.0 Å². The molecule has 2 aliphatic rings. The topological polar surface area (TPSA) is 197 Å². The van der Waals surface area contributed by atoms with E-state index in [1.54, 1.807) is 0 Å². The predicted molar refractivity (Wildman–Crippen MR) is 116 cm³/mol. The van der Waals surface area contributed by atoms with Crippen molar-refractivity contribution in [1.82, 2.24) is 5.32 Å². The Morgan fingerprint density at radius 2 is 1.89 bits per heavy atom. The van der Waals surface area contributed by atoms with Crippen LogP contribution in [0.5, 0.6) is 11.5 Å². The normalized spacial score (nSPS) is 25.4. The largest absolute Gasteiger partial charge is 0.504 e. The highest BCUT2D eigenvalue weighted by Crippen LogP contribution is 2.51. The first kappa shape index (κ1) is 23.6. The van der Waals surface area contributed by atoms with Gasteiger partial charge in [0.05, 0.1) is 36.0 Å². The number of aromatic hydroxyl groups is 1. The van der Waals surface area contributed by atoms with Crippen LogP contribution >= 0.6 is 0 Å². The van der Waals surface area contributed by atoms with Gasteiger partial charge in [0.2, 0.25) is 11.8 Å². The number of anilines is 1. The second kappa shape index (κ2) is 8.36. The molecule has 4 N–H and O–H groups in total. The number of aliphatic carboxylic acids is 2. The number of phenolic OH excluding ortho intramolecular Hbond substituents is 1. The van der Waals surface area contributed by atoms with Gasteiger partial charge in [-0.25, -0.2) is 4.90 Å². The van der Waals surface area contributed by atoms with Crippen molar-refractivity contribution in [1.29, 1.82) is 0 Å². The summed E-state index contributed by atoms with van der Waals surface area (Å²) >= 11 is 0. The molecule has 4 rings (SSSR count). The highest BCUT2D eigenvalue weighted by atomic mass is 16.6. The van der Waals surface area contributed by atoms with Crippen molar-refractivity contribution < 1.29 is 44.2 Å². The molecule has 13 nitrogen and oxygen atoms in total. The number of nitro benzene ring substituents is 1. The maximum Gasteiger partial charge on any atom is 0.325 e. The van der Waals surface area contributed by atoms with Gasteiger partial charge in [0, 0.05) is 18.2 Å². The number of nitrogens with one attached hydrogen (secondary N) is 1. The van der Waals surface area contributed by atoms with Crippen molar-refractivity contribution in [3.63, 3.8) is 0 Å². The Balaban J connectivity index is 1.89. The molecule has 2 aromatic carbocycles. The maximum atomic E-state index is 13.6. The lowest BCUT2D eigenvalue weighted by molar-refractivity contribution is -0.384. The number of phenols is 1. The number of imide groups is 1. The van der Waals surface area contributed by atoms with Crippen molar-refractivity contribution in [2.24, 2.45) is 11.8 Å². The number of ether oxygens (including phenoxy) is 1. The molecule has 2 aliphatic heterocycles. The minimum Gasteiger partial charge on any atom is -0.504 e. The van der Waals surface area contributed by atoms with E-state index in [-0.39, 0.29) is 22.7 Å². The van der Waals surface area contributed by atoms with E-state index in [4.69, 9.17) is 4.74 Å². The van der Waals surface area contributed by atoms with Gasteiger partial charge < -0.3 is 20.1 Å². The van der Waals surface area contributed by atoms with E-state index in [1.165, 1.54) is 37.4 Å². The average molecular weight is 485 g/mol. The Hall–Kier alpha value is -4.52. The van der Waals surface area contributed by atoms with E-state index in [9.17, 15) is 44.6 Å². The van der Waals surface area contributed by atoms with Crippen molar-refractivity contribution in [2.45, 2.75) is 18.0 Å². The minimum absolute atomic E-state index is 0.0132. The zero-order valence-electron chi connectivity index (χ0n) is 18.1. The van der Waals surface area contributed by atoms with Crippen molar-refractivity contribution >= 4 is 35.1 Å². The van der Waals surface area contributed by atoms with E-state index in [0.717, 1.165) is 12.1 Å². The Labute approximate surface area is 196 Å². The summed E-state index contributed by atoms with van der Waals surface area (Å²) in [7, 11) is 1.28. The minimum atomic E-state index is -2.35. The monoisotopic (exact) mass is 485 g/mol. The molecule has 13 heteroatoms. The van der Waals surface area contributed by atoms with Gasteiger partial charge in [-0.3, -0.25) is 34.6 Å². The van der Waals surface area contributed by atoms with E-state index in [2.05, 4.69) is 5.32 Å². The molecule has 2 fully saturated rings. The van der Waals surface area contributed by atoms with Gasteiger partial charge in [-0.05, 0) is 23.8 Å². The number of carboxylic acids is 2. The van der Waals surface area contributed by atoms with E-state index in [0.29, 0.717) is 4.90 Å². The number of hydrogen-bond acceptors (Lipinski definition) is 9. The summed E-state index contributed by atoms with van der Waals surface area (Å²) in [5.74, 6) is -8.21. The molecule has 4 atom stereocenters. The number of nitrogens with zero attached hydrogens (tertiary/aromatic N) is 2. The summed E-state index contributed by atoms with van der Waals surface area (Å²) in [5, 5.41) is 43.4. The Bertz CT molecular complexity index is 1280. The molecule has 2 heterocycles. The molecular formula is C22H19N3O10. The molecule has 0 bridgehead atoms. The molecule has 2 aromatic rings. The fourth-order valence-corrected chi connectivity index (χ4v) is 4.85. The van der Waals surface area contributed by atoms with Gasteiger partial charge in [0.1, 0.15) is 5.54 Å². The second-order valence-corrected chi connectivity index (χ2v) is 8.19. The van der Waals surface area contributed by atoms with Crippen molar-refractivity contribution in [3.05, 3.63) is 58.1 Å². The van der Waals surface area contributed by atoms with Gasteiger partial charge in [-0.2, -0.15) is 0 Å². The molecule has 182 valence electrons. The fraction of sp³-hybridized carbons (Fsp3) is 0.273. The summed E-state index contributed by atoms with van der Waals surface area (Å²) in [4.78, 5) is 62.3.